The molecule has 0 saturated carbocycles. The fourth-order valence-electron chi connectivity index (χ4n) is 2.56. The van der Waals surface area contributed by atoms with Crippen LogP contribution in [0.25, 0.3) is 0 Å². The Kier molecular flexibility index (Phi) is 4.98. The highest BCUT2D eigenvalue weighted by Gasteiger charge is 2.24. The van der Waals surface area contributed by atoms with Crippen LogP contribution in [0.2, 0.25) is 0 Å². The van der Waals surface area contributed by atoms with Crippen molar-refractivity contribution in [1.29, 1.82) is 0 Å². The Hall–Kier alpha value is -2.88. The van der Waals surface area contributed by atoms with Gasteiger partial charge in [0.25, 0.3) is 0 Å². The summed E-state index contributed by atoms with van der Waals surface area (Å²) in [6.45, 7) is 2.40. The van der Waals surface area contributed by atoms with Crippen molar-refractivity contribution in [2.75, 3.05) is 43.5 Å². The number of anilines is 2. The minimum Gasteiger partial charge on any atom is -0.497 e. The summed E-state index contributed by atoms with van der Waals surface area (Å²) in [7, 11) is 1.63. The smallest absolute Gasteiger partial charge is 0.359 e. The van der Waals surface area contributed by atoms with E-state index in [1.165, 1.54) is 0 Å². The summed E-state index contributed by atoms with van der Waals surface area (Å²) >= 11 is 0.847. The van der Waals surface area contributed by atoms with E-state index in [-0.39, 0.29) is 16.7 Å². The summed E-state index contributed by atoms with van der Waals surface area (Å²) in [5.74, 6) is -0.427. The lowest BCUT2D eigenvalue weighted by atomic mass is 10.2. The molecule has 0 spiro atoms. The number of piperazine rings is 1. The monoisotopic (exact) mass is 363 g/mol. The molecular weight excluding hydrogens is 346 g/mol. The maximum absolute atomic E-state index is 12.3. The number of hydrogen-bond acceptors (Lipinski definition) is 7. The van der Waals surface area contributed by atoms with E-state index in [9.17, 15) is 9.59 Å². The van der Waals surface area contributed by atoms with E-state index in [1.54, 1.807) is 12.0 Å². The van der Waals surface area contributed by atoms with Crippen molar-refractivity contribution in [3.8, 4) is 5.75 Å². The zero-order chi connectivity index (χ0) is 17.8. The summed E-state index contributed by atoms with van der Waals surface area (Å²) in [6.07, 6.45) is 0. The third-order valence-corrected chi connectivity index (χ3v) is 4.54. The lowest BCUT2D eigenvalue weighted by Crippen LogP contribution is -2.50. The van der Waals surface area contributed by atoms with E-state index in [1.807, 2.05) is 24.3 Å². The van der Waals surface area contributed by atoms with Gasteiger partial charge in [-0.3, -0.25) is 5.32 Å². The Bertz CT molecular complexity index is 773. The Morgan fingerprint density at radius 3 is 2.72 bits per heavy atom. The molecule has 0 atom stereocenters. The summed E-state index contributed by atoms with van der Waals surface area (Å²) < 4.78 is 8.80. The van der Waals surface area contributed by atoms with Crippen LogP contribution in [0.15, 0.2) is 24.3 Å². The molecule has 2 N–H and O–H groups in total. The van der Waals surface area contributed by atoms with Crippen LogP contribution < -0.4 is 15.0 Å². The third-order valence-electron chi connectivity index (χ3n) is 3.90. The largest absolute Gasteiger partial charge is 0.497 e. The number of methoxy groups -OCH3 is 1. The van der Waals surface area contributed by atoms with Crippen LogP contribution >= 0.6 is 11.5 Å². The number of aromatic nitrogens is 2. The standard InChI is InChI=1S/C15H17N5O4S/c1-24-11-4-2-3-10(9-11)19-5-7-20(8-6-19)15(23)16-13-12(14(21)22)17-18-25-13/h2-4,9H,5-8H2,1H3,(H,16,23)(H,21,22). The quantitative estimate of drug-likeness (QED) is 0.849. The van der Waals surface area contributed by atoms with Gasteiger partial charge < -0.3 is 19.6 Å². The molecule has 9 nitrogen and oxygen atoms in total. The summed E-state index contributed by atoms with van der Waals surface area (Å²) in [5, 5.41) is 15.2. The van der Waals surface area contributed by atoms with E-state index >= 15 is 0 Å². The van der Waals surface area contributed by atoms with Gasteiger partial charge in [-0.25, -0.2) is 9.59 Å². The van der Waals surface area contributed by atoms with Crippen LogP contribution in [0.1, 0.15) is 10.5 Å². The molecule has 10 heteroatoms. The maximum atomic E-state index is 12.3. The second-order valence-electron chi connectivity index (χ2n) is 5.36. The molecule has 1 saturated heterocycles. The van der Waals surface area contributed by atoms with Gasteiger partial charge in [0, 0.05) is 49.5 Å². The molecule has 132 valence electrons. The van der Waals surface area contributed by atoms with Gasteiger partial charge in [-0.2, -0.15) is 0 Å². The van der Waals surface area contributed by atoms with Crippen LogP contribution in [0, 0.1) is 0 Å². The van der Waals surface area contributed by atoms with Crippen molar-refractivity contribution < 1.29 is 19.4 Å². The number of carbonyl (C=O) groups is 2. The van der Waals surface area contributed by atoms with Crippen molar-refractivity contribution in [2.24, 2.45) is 0 Å². The number of ether oxygens (including phenoxy) is 1. The molecule has 1 aliphatic rings. The highest BCUT2D eigenvalue weighted by atomic mass is 32.1. The lowest BCUT2D eigenvalue weighted by Gasteiger charge is -2.36. The number of carboxylic acids is 1. The van der Waals surface area contributed by atoms with Gasteiger partial charge in [0.2, 0.25) is 5.69 Å². The number of benzene rings is 1. The summed E-state index contributed by atoms with van der Waals surface area (Å²) in [5.41, 5.74) is 0.799. The first-order valence-electron chi connectivity index (χ1n) is 7.59. The number of rotatable bonds is 4. The number of urea groups is 1. The molecule has 1 aromatic carbocycles. The number of amides is 2. The van der Waals surface area contributed by atoms with Crippen LogP contribution in [-0.4, -0.2) is 64.9 Å². The van der Waals surface area contributed by atoms with Crippen molar-refractivity contribution in [3.63, 3.8) is 0 Å². The third kappa shape index (κ3) is 3.79. The van der Waals surface area contributed by atoms with E-state index < -0.39 is 5.97 Å². The number of hydrogen-bond donors (Lipinski definition) is 2. The van der Waals surface area contributed by atoms with Gasteiger partial charge in [0.1, 0.15) is 5.75 Å². The van der Waals surface area contributed by atoms with Crippen molar-refractivity contribution in [3.05, 3.63) is 30.0 Å². The van der Waals surface area contributed by atoms with Gasteiger partial charge in [-0.1, -0.05) is 10.6 Å². The number of carbonyl (C=O) groups excluding carboxylic acids is 1. The summed E-state index contributed by atoms with van der Waals surface area (Å²) in [4.78, 5) is 27.1. The van der Waals surface area contributed by atoms with Gasteiger partial charge in [-0.05, 0) is 12.1 Å². The second kappa shape index (κ2) is 7.34. The number of nitrogens with zero attached hydrogens (tertiary/aromatic N) is 4. The highest BCUT2D eigenvalue weighted by molar-refractivity contribution is 7.10. The van der Waals surface area contributed by atoms with Gasteiger partial charge in [0.15, 0.2) is 5.00 Å². The van der Waals surface area contributed by atoms with Crippen molar-refractivity contribution in [1.82, 2.24) is 14.5 Å². The predicted molar refractivity (Wildman–Crippen MR) is 92.7 cm³/mol. The van der Waals surface area contributed by atoms with Gasteiger partial charge in [-0.15, -0.1) is 5.10 Å². The van der Waals surface area contributed by atoms with Crippen molar-refractivity contribution in [2.45, 2.75) is 0 Å². The van der Waals surface area contributed by atoms with E-state index in [0.717, 1.165) is 23.0 Å². The SMILES string of the molecule is COc1cccc(N2CCN(C(=O)Nc3snnc3C(=O)O)CC2)c1. The average molecular weight is 363 g/mol. The Balaban J connectivity index is 1.59. The van der Waals surface area contributed by atoms with Gasteiger partial charge in [0.05, 0.1) is 7.11 Å². The molecule has 1 aromatic heterocycles. The molecule has 3 rings (SSSR count). The molecule has 0 aliphatic carbocycles. The molecule has 1 fully saturated rings. The molecule has 0 unspecified atom stereocenters. The molecular formula is C15H17N5O4S. The van der Waals surface area contributed by atoms with Crippen LogP contribution in [0.3, 0.4) is 0 Å². The second-order valence-corrected chi connectivity index (χ2v) is 6.12. The van der Waals surface area contributed by atoms with E-state index in [4.69, 9.17) is 9.84 Å². The number of carboxylic acid groups (broad SMARTS) is 1. The first kappa shape index (κ1) is 17.0. The molecule has 1 aliphatic heterocycles. The predicted octanol–water partition coefficient (Wildman–Crippen LogP) is 1.60. The Labute approximate surface area is 148 Å². The van der Waals surface area contributed by atoms with Crippen LogP contribution in [0.4, 0.5) is 15.5 Å². The normalized spacial score (nSPS) is 14.3. The van der Waals surface area contributed by atoms with Gasteiger partial charge >= 0.3 is 12.0 Å². The zero-order valence-electron chi connectivity index (χ0n) is 13.5. The zero-order valence-corrected chi connectivity index (χ0v) is 14.3. The fourth-order valence-corrected chi connectivity index (χ4v) is 3.12. The topological polar surface area (TPSA) is 108 Å². The molecule has 2 amide bonds. The van der Waals surface area contributed by atoms with E-state index in [2.05, 4.69) is 19.8 Å². The first-order chi connectivity index (χ1) is 12.1. The van der Waals surface area contributed by atoms with E-state index in [0.29, 0.717) is 26.2 Å². The Morgan fingerprint density at radius 2 is 2.04 bits per heavy atom. The number of nitrogens with one attached hydrogen (secondary N) is 1. The Morgan fingerprint density at radius 1 is 1.28 bits per heavy atom. The highest BCUT2D eigenvalue weighted by Crippen LogP contribution is 2.23. The molecule has 2 aromatic rings. The molecule has 0 bridgehead atoms. The van der Waals surface area contributed by atoms with Crippen LogP contribution in [-0.2, 0) is 0 Å². The molecule has 25 heavy (non-hydrogen) atoms. The maximum Gasteiger partial charge on any atom is 0.359 e. The first-order valence-corrected chi connectivity index (χ1v) is 8.36. The minimum atomic E-state index is -1.22. The summed E-state index contributed by atoms with van der Waals surface area (Å²) in [6, 6.07) is 7.42. The fraction of sp³-hybridized carbons (Fsp3) is 0.333. The van der Waals surface area contributed by atoms with Crippen LogP contribution in [0.5, 0.6) is 5.75 Å². The minimum absolute atomic E-state index is 0.146. The molecule has 2 heterocycles. The average Bonchev–Trinajstić information content (AvgIpc) is 3.10. The lowest BCUT2D eigenvalue weighted by molar-refractivity contribution is 0.0691. The molecule has 0 radical (unpaired) electrons. The van der Waals surface area contributed by atoms with Crippen molar-refractivity contribution >= 4 is 34.2 Å². The number of aromatic carboxylic acids is 1.